The molecular weight excluding hydrogens is 176 g/mol. The lowest BCUT2D eigenvalue weighted by molar-refractivity contribution is -0.134. The Morgan fingerprint density at radius 3 is 1.31 bits per heavy atom. The van der Waals surface area contributed by atoms with E-state index in [4.69, 9.17) is 25.2 Å². The van der Waals surface area contributed by atoms with Gasteiger partial charge in [-0.25, -0.2) is 0 Å². The summed E-state index contributed by atoms with van der Waals surface area (Å²) >= 11 is 0. The summed E-state index contributed by atoms with van der Waals surface area (Å²) < 4.78 is 0. The average molecular weight is 186 g/mol. The van der Waals surface area contributed by atoms with E-state index in [0.29, 0.717) is 0 Å². The third kappa shape index (κ3) is 6.49. The molecule has 13 heavy (non-hydrogen) atoms. The monoisotopic (exact) mass is 186 g/mol. The first-order chi connectivity index (χ1) is 5.91. The summed E-state index contributed by atoms with van der Waals surface area (Å²) in [5.74, 6) is -1.27. The molecule has 0 unspecified atom stereocenters. The fraction of sp³-hybridized carbons (Fsp3) is 0.125. The van der Waals surface area contributed by atoms with Gasteiger partial charge in [-0.2, -0.15) is 0 Å². The van der Waals surface area contributed by atoms with Crippen molar-refractivity contribution in [3.05, 3.63) is 18.2 Å². The minimum Gasteiger partial charge on any atom is -0.508 e. The quantitative estimate of drug-likeness (QED) is 0.482. The molecule has 0 saturated heterocycles. The van der Waals surface area contributed by atoms with Crippen LogP contribution in [-0.2, 0) is 4.79 Å². The standard InChI is InChI=1S/C6H6O3.C2H4O2/c7-4-1-5(8)3-6(9)2-4;1-2(3)4/h1-3,7-9H;1H3,(H,3,4). The first-order valence-electron chi connectivity index (χ1n) is 3.33. The van der Waals surface area contributed by atoms with E-state index in [1.807, 2.05) is 0 Å². The predicted octanol–water partition coefficient (Wildman–Crippen LogP) is 0.894. The van der Waals surface area contributed by atoms with Gasteiger partial charge in [-0.15, -0.1) is 0 Å². The fourth-order valence-electron chi connectivity index (χ4n) is 0.580. The molecule has 5 heteroatoms. The normalized spacial score (nSPS) is 8.38. The molecule has 0 radical (unpaired) electrons. The Morgan fingerprint density at radius 2 is 1.15 bits per heavy atom. The second-order valence-corrected chi connectivity index (χ2v) is 2.23. The number of carboxylic acids is 1. The molecule has 5 nitrogen and oxygen atoms in total. The highest BCUT2D eigenvalue weighted by Crippen LogP contribution is 2.23. The third-order valence-electron chi connectivity index (χ3n) is 0.887. The summed E-state index contributed by atoms with van der Waals surface area (Å²) in [4.78, 5) is 9.00. The Morgan fingerprint density at radius 1 is 1.00 bits per heavy atom. The van der Waals surface area contributed by atoms with E-state index < -0.39 is 5.97 Å². The van der Waals surface area contributed by atoms with E-state index in [2.05, 4.69) is 0 Å². The molecule has 0 fully saturated rings. The van der Waals surface area contributed by atoms with Crippen LogP contribution in [0.3, 0.4) is 0 Å². The van der Waals surface area contributed by atoms with Crippen molar-refractivity contribution in [2.75, 3.05) is 0 Å². The molecule has 0 aliphatic rings. The molecule has 0 saturated carbocycles. The van der Waals surface area contributed by atoms with Crippen molar-refractivity contribution >= 4 is 5.97 Å². The minimum atomic E-state index is -0.833. The van der Waals surface area contributed by atoms with E-state index in [9.17, 15) is 0 Å². The predicted molar refractivity (Wildman–Crippen MR) is 44.7 cm³/mol. The van der Waals surface area contributed by atoms with E-state index in [1.54, 1.807) is 0 Å². The zero-order valence-electron chi connectivity index (χ0n) is 6.93. The second-order valence-electron chi connectivity index (χ2n) is 2.23. The van der Waals surface area contributed by atoms with Crippen LogP contribution in [-0.4, -0.2) is 26.4 Å². The van der Waals surface area contributed by atoms with Crippen molar-refractivity contribution in [3.8, 4) is 17.2 Å². The molecule has 1 aromatic carbocycles. The van der Waals surface area contributed by atoms with Gasteiger partial charge in [-0.05, 0) is 0 Å². The van der Waals surface area contributed by atoms with Gasteiger partial charge in [0.2, 0.25) is 0 Å². The molecule has 1 aromatic rings. The van der Waals surface area contributed by atoms with Crippen LogP contribution in [0.4, 0.5) is 0 Å². The van der Waals surface area contributed by atoms with Crippen LogP contribution in [0.1, 0.15) is 6.92 Å². The van der Waals surface area contributed by atoms with E-state index >= 15 is 0 Å². The summed E-state index contributed by atoms with van der Waals surface area (Å²) in [6.07, 6.45) is 0. The van der Waals surface area contributed by atoms with Gasteiger partial charge in [-0.1, -0.05) is 0 Å². The number of carboxylic acid groups (broad SMARTS) is 1. The molecule has 0 heterocycles. The number of phenols is 3. The average Bonchev–Trinajstić information content (AvgIpc) is 1.80. The van der Waals surface area contributed by atoms with Gasteiger partial charge in [-0.3, -0.25) is 4.79 Å². The topological polar surface area (TPSA) is 98.0 Å². The Labute approximate surface area is 74.5 Å². The molecule has 0 aromatic heterocycles. The first kappa shape index (κ1) is 11.1. The number of rotatable bonds is 0. The van der Waals surface area contributed by atoms with Crippen molar-refractivity contribution in [2.45, 2.75) is 6.92 Å². The van der Waals surface area contributed by atoms with Crippen LogP contribution in [0.25, 0.3) is 0 Å². The molecule has 0 aliphatic carbocycles. The molecule has 1 rings (SSSR count). The SMILES string of the molecule is CC(=O)O.Oc1cc(O)cc(O)c1. The maximum absolute atomic E-state index is 9.00. The van der Waals surface area contributed by atoms with E-state index in [-0.39, 0.29) is 17.2 Å². The maximum Gasteiger partial charge on any atom is 0.300 e. The summed E-state index contributed by atoms with van der Waals surface area (Å²) in [6.45, 7) is 1.08. The Kier molecular flexibility index (Phi) is 4.15. The van der Waals surface area contributed by atoms with Gasteiger partial charge in [0.15, 0.2) is 0 Å². The summed E-state index contributed by atoms with van der Waals surface area (Å²) in [7, 11) is 0. The van der Waals surface area contributed by atoms with E-state index in [0.717, 1.165) is 25.1 Å². The number of aromatic hydroxyl groups is 3. The summed E-state index contributed by atoms with van der Waals surface area (Å²) in [6, 6.07) is 3.42. The van der Waals surface area contributed by atoms with Crippen LogP contribution in [0, 0.1) is 0 Å². The van der Waals surface area contributed by atoms with Crippen molar-refractivity contribution in [2.24, 2.45) is 0 Å². The number of benzene rings is 1. The molecule has 0 atom stereocenters. The Bertz CT molecular complexity index is 240. The first-order valence-corrected chi connectivity index (χ1v) is 3.33. The van der Waals surface area contributed by atoms with Gasteiger partial charge >= 0.3 is 0 Å². The van der Waals surface area contributed by atoms with Gasteiger partial charge in [0.05, 0.1) is 0 Å². The van der Waals surface area contributed by atoms with Crippen LogP contribution >= 0.6 is 0 Å². The largest absolute Gasteiger partial charge is 0.508 e. The third-order valence-corrected chi connectivity index (χ3v) is 0.887. The Balaban J connectivity index is 0.000000310. The van der Waals surface area contributed by atoms with Crippen molar-refractivity contribution in [1.82, 2.24) is 0 Å². The van der Waals surface area contributed by atoms with Crippen molar-refractivity contribution < 1.29 is 25.2 Å². The molecular formula is C8H10O5. The lowest BCUT2D eigenvalue weighted by Crippen LogP contribution is -1.78. The second kappa shape index (κ2) is 4.87. The van der Waals surface area contributed by atoms with Crippen LogP contribution < -0.4 is 0 Å². The maximum atomic E-state index is 9.00. The van der Waals surface area contributed by atoms with Crippen LogP contribution in [0.2, 0.25) is 0 Å². The lowest BCUT2D eigenvalue weighted by Gasteiger charge is -1.94. The zero-order valence-corrected chi connectivity index (χ0v) is 6.93. The summed E-state index contributed by atoms with van der Waals surface area (Å²) in [5.41, 5.74) is 0. The molecule has 0 bridgehead atoms. The van der Waals surface area contributed by atoms with Crippen LogP contribution in [0.15, 0.2) is 18.2 Å². The van der Waals surface area contributed by atoms with Gasteiger partial charge < -0.3 is 20.4 Å². The number of hydrogen-bond donors (Lipinski definition) is 4. The molecule has 0 spiro atoms. The van der Waals surface area contributed by atoms with Gasteiger partial charge in [0, 0.05) is 25.1 Å². The number of phenolic OH excluding ortho intramolecular Hbond substituents is 3. The van der Waals surface area contributed by atoms with Gasteiger partial charge in [0.25, 0.3) is 5.97 Å². The van der Waals surface area contributed by atoms with Crippen LogP contribution in [0.5, 0.6) is 17.2 Å². The number of aliphatic carboxylic acids is 1. The van der Waals surface area contributed by atoms with Crippen molar-refractivity contribution in [3.63, 3.8) is 0 Å². The Hall–Kier alpha value is -1.91. The highest BCUT2D eigenvalue weighted by molar-refractivity contribution is 5.62. The lowest BCUT2D eigenvalue weighted by atomic mass is 10.3. The molecule has 0 amide bonds. The smallest absolute Gasteiger partial charge is 0.300 e. The number of hydrogen-bond acceptors (Lipinski definition) is 4. The van der Waals surface area contributed by atoms with E-state index in [1.165, 1.54) is 0 Å². The minimum absolute atomic E-state index is 0.146. The molecule has 0 aliphatic heterocycles. The van der Waals surface area contributed by atoms with Gasteiger partial charge in [0.1, 0.15) is 17.2 Å². The zero-order chi connectivity index (χ0) is 10.4. The van der Waals surface area contributed by atoms with Crippen molar-refractivity contribution in [1.29, 1.82) is 0 Å². The highest BCUT2D eigenvalue weighted by Gasteiger charge is 1.94. The molecule has 4 N–H and O–H groups in total. The molecule has 72 valence electrons. The fourth-order valence-corrected chi connectivity index (χ4v) is 0.580. The summed E-state index contributed by atoms with van der Waals surface area (Å²) in [5, 5.41) is 33.4. The highest BCUT2D eigenvalue weighted by atomic mass is 16.4. The number of carbonyl (C=O) groups is 1.